The molecule has 41 heavy (non-hydrogen) atoms. The van der Waals surface area contributed by atoms with Crippen molar-refractivity contribution in [3.63, 3.8) is 0 Å². The molecule has 1 saturated heterocycles. The fraction of sp³-hybridized carbons (Fsp3) is 0.296. The number of methoxy groups -OCH3 is 1. The molecule has 216 valence electrons. The Morgan fingerprint density at radius 1 is 1.12 bits per heavy atom. The Morgan fingerprint density at radius 2 is 1.90 bits per heavy atom. The molecule has 1 aromatic carbocycles. The van der Waals surface area contributed by atoms with Gasteiger partial charge < -0.3 is 14.2 Å². The van der Waals surface area contributed by atoms with Gasteiger partial charge in [0.15, 0.2) is 0 Å². The SMILES string of the molecule is COc1ncc(-c2ccc3ncc(OC(C)CN4CCOCC4)c(=O)n3c2)cc1NS(=O)(=O)c1ccc(F)cc1Cl. The summed E-state index contributed by atoms with van der Waals surface area (Å²) in [6, 6.07) is 7.85. The number of ether oxygens (including phenoxy) is 3. The van der Waals surface area contributed by atoms with E-state index in [0.717, 1.165) is 31.3 Å². The Hall–Kier alpha value is -3.78. The highest BCUT2D eigenvalue weighted by Crippen LogP contribution is 2.32. The predicted molar refractivity (Wildman–Crippen MR) is 151 cm³/mol. The molecule has 1 N–H and O–H groups in total. The Bertz CT molecular complexity index is 1750. The van der Waals surface area contributed by atoms with Crippen molar-refractivity contribution in [2.45, 2.75) is 17.9 Å². The molecule has 1 unspecified atom stereocenters. The number of sulfonamides is 1. The van der Waals surface area contributed by atoms with Crippen molar-refractivity contribution in [3.8, 4) is 22.8 Å². The minimum atomic E-state index is -4.22. The monoisotopic (exact) mass is 603 g/mol. The van der Waals surface area contributed by atoms with Gasteiger partial charge in [0.2, 0.25) is 11.6 Å². The Labute approximate surface area is 240 Å². The number of benzene rings is 1. The largest absolute Gasteiger partial charge is 0.482 e. The standard InChI is InChI=1S/C27H27ClFN5O6S/c1-17(15-33-7-9-39-10-8-33)40-23-14-30-25-6-3-18(16-34(25)27(23)35)19-11-22(26(38-2)31-13-19)32-41(36,37)24-5-4-20(29)12-21(24)28/h3-6,11-14,16-17,32H,7-10,15H2,1-2H3. The lowest BCUT2D eigenvalue weighted by Crippen LogP contribution is -2.42. The molecule has 0 aliphatic carbocycles. The van der Waals surface area contributed by atoms with E-state index in [4.69, 9.17) is 25.8 Å². The van der Waals surface area contributed by atoms with E-state index >= 15 is 0 Å². The van der Waals surface area contributed by atoms with Crippen molar-refractivity contribution in [2.24, 2.45) is 0 Å². The van der Waals surface area contributed by atoms with Gasteiger partial charge in [-0.3, -0.25) is 18.8 Å². The first kappa shape index (κ1) is 28.7. The molecule has 1 aliphatic heterocycles. The topological polar surface area (TPSA) is 124 Å². The Kier molecular flexibility index (Phi) is 8.40. The molecular formula is C27H27ClFN5O6S. The number of hydrogen-bond acceptors (Lipinski definition) is 9. The van der Waals surface area contributed by atoms with Gasteiger partial charge >= 0.3 is 0 Å². The van der Waals surface area contributed by atoms with Crippen molar-refractivity contribution >= 4 is 33.0 Å². The van der Waals surface area contributed by atoms with Crippen molar-refractivity contribution in [2.75, 3.05) is 44.7 Å². The van der Waals surface area contributed by atoms with Crippen LogP contribution in [0.5, 0.6) is 11.6 Å². The van der Waals surface area contributed by atoms with E-state index in [1.807, 2.05) is 6.92 Å². The lowest BCUT2D eigenvalue weighted by molar-refractivity contribution is 0.0216. The van der Waals surface area contributed by atoms with Gasteiger partial charge in [-0.05, 0) is 43.3 Å². The maximum atomic E-state index is 13.5. The zero-order valence-electron chi connectivity index (χ0n) is 22.2. The summed E-state index contributed by atoms with van der Waals surface area (Å²) in [6.07, 6.45) is 4.21. The van der Waals surface area contributed by atoms with Crippen LogP contribution in [0, 0.1) is 5.82 Å². The second-order valence-electron chi connectivity index (χ2n) is 9.38. The van der Waals surface area contributed by atoms with Gasteiger partial charge in [-0.2, -0.15) is 0 Å². The summed E-state index contributed by atoms with van der Waals surface area (Å²) in [5, 5.41) is -0.278. The predicted octanol–water partition coefficient (Wildman–Crippen LogP) is 3.46. The van der Waals surface area contributed by atoms with Gasteiger partial charge in [0.25, 0.3) is 15.6 Å². The van der Waals surface area contributed by atoms with E-state index in [-0.39, 0.29) is 38.9 Å². The van der Waals surface area contributed by atoms with Gasteiger partial charge in [-0.25, -0.2) is 22.8 Å². The zero-order chi connectivity index (χ0) is 29.1. The first-order chi connectivity index (χ1) is 19.6. The third kappa shape index (κ3) is 6.43. The molecule has 1 fully saturated rings. The van der Waals surface area contributed by atoms with E-state index in [9.17, 15) is 17.6 Å². The lowest BCUT2D eigenvalue weighted by atomic mass is 10.1. The maximum Gasteiger partial charge on any atom is 0.300 e. The third-order valence-electron chi connectivity index (χ3n) is 6.42. The number of nitrogens with zero attached hydrogens (tertiary/aromatic N) is 4. The van der Waals surface area contributed by atoms with Gasteiger partial charge in [-0.1, -0.05) is 11.6 Å². The van der Waals surface area contributed by atoms with Crippen molar-refractivity contribution in [3.05, 3.63) is 76.2 Å². The van der Waals surface area contributed by atoms with E-state index in [1.165, 1.54) is 30.0 Å². The fourth-order valence-electron chi connectivity index (χ4n) is 4.45. The van der Waals surface area contributed by atoms with Crippen LogP contribution in [0.1, 0.15) is 6.92 Å². The maximum absolute atomic E-state index is 13.5. The van der Waals surface area contributed by atoms with Crippen LogP contribution in [0.2, 0.25) is 5.02 Å². The highest BCUT2D eigenvalue weighted by Gasteiger charge is 2.22. The Balaban J connectivity index is 1.44. The average Bonchev–Trinajstić information content (AvgIpc) is 2.94. The molecular weight excluding hydrogens is 577 g/mol. The van der Waals surface area contributed by atoms with Gasteiger partial charge in [0.05, 0.1) is 31.5 Å². The van der Waals surface area contributed by atoms with Crippen molar-refractivity contribution in [1.29, 1.82) is 0 Å². The molecule has 3 aromatic heterocycles. The minimum absolute atomic E-state index is 0.000115. The van der Waals surface area contributed by atoms with Crippen LogP contribution in [0.3, 0.4) is 0 Å². The number of hydrogen-bond donors (Lipinski definition) is 1. The van der Waals surface area contributed by atoms with Crippen LogP contribution in [0.15, 0.2) is 64.7 Å². The first-order valence-corrected chi connectivity index (χ1v) is 14.5. The molecule has 4 heterocycles. The number of pyridine rings is 2. The van der Waals surface area contributed by atoms with Gasteiger partial charge in [0.1, 0.15) is 28.2 Å². The second kappa shape index (κ2) is 12.0. The highest BCUT2D eigenvalue weighted by molar-refractivity contribution is 7.92. The molecule has 0 saturated carbocycles. The van der Waals surface area contributed by atoms with E-state index in [1.54, 1.807) is 18.3 Å². The summed E-state index contributed by atoms with van der Waals surface area (Å²) in [5.74, 6) is -0.561. The quantitative estimate of drug-likeness (QED) is 0.306. The van der Waals surface area contributed by atoms with Crippen LogP contribution in [0.4, 0.5) is 10.1 Å². The highest BCUT2D eigenvalue weighted by atomic mass is 35.5. The van der Waals surface area contributed by atoms with Crippen LogP contribution < -0.4 is 19.8 Å². The molecule has 0 spiro atoms. The smallest absolute Gasteiger partial charge is 0.300 e. The summed E-state index contributed by atoms with van der Waals surface area (Å²) in [4.78, 5) is 23.8. The van der Waals surface area contributed by atoms with Crippen molar-refractivity contribution in [1.82, 2.24) is 19.3 Å². The molecule has 1 atom stereocenters. The number of rotatable bonds is 9. The Morgan fingerprint density at radius 3 is 2.63 bits per heavy atom. The average molecular weight is 604 g/mol. The van der Waals surface area contributed by atoms with Crippen LogP contribution in [-0.4, -0.2) is 73.7 Å². The van der Waals surface area contributed by atoms with Crippen LogP contribution in [0.25, 0.3) is 16.8 Å². The molecule has 4 aromatic rings. The van der Waals surface area contributed by atoms with Crippen LogP contribution >= 0.6 is 11.6 Å². The van der Waals surface area contributed by atoms with E-state index < -0.39 is 15.8 Å². The summed E-state index contributed by atoms with van der Waals surface area (Å²) in [5.41, 5.74) is 1.06. The van der Waals surface area contributed by atoms with Gasteiger partial charge in [0, 0.05) is 43.2 Å². The first-order valence-electron chi connectivity index (χ1n) is 12.6. The molecule has 0 amide bonds. The second-order valence-corrected chi connectivity index (χ2v) is 11.4. The number of fused-ring (bicyclic) bond motifs is 1. The third-order valence-corrected chi connectivity index (χ3v) is 8.27. The lowest BCUT2D eigenvalue weighted by Gasteiger charge is -2.29. The summed E-state index contributed by atoms with van der Waals surface area (Å²) in [7, 11) is -2.88. The summed E-state index contributed by atoms with van der Waals surface area (Å²) >= 11 is 5.98. The molecule has 14 heteroatoms. The summed E-state index contributed by atoms with van der Waals surface area (Å²) in [6.45, 7) is 5.47. The number of anilines is 1. The number of morpholine rings is 1. The van der Waals surface area contributed by atoms with Gasteiger partial charge in [-0.15, -0.1) is 0 Å². The molecule has 5 rings (SSSR count). The molecule has 1 aliphatic rings. The zero-order valence-corrected chi connectivity index (χ0v) is 23.8. The number of halogens is 2. The fourth-order valence-corrected chi connectivity index (χ4v) is 6.03. The molecule has 0 bridgehead atoms. The normalized spacial score (nSPS) is 15.0. The van der Waals surface area contributed by atoms with Crippen molar-refractivity contribution < 1.29 is 27.0 Å². The minimum Gasteiger partial charge on any atom is -0.482 e. The van der Waals surface area contributed by atoms with E-state index in [0.29, 0.717) is 36.5 Å². The number of nitrogens with one attached hydrogen (secondary N) is 1. The number of aromatic nitrogens is 3. The van der Waals surface area contributed by atoms with E-state index in [2.05, 4.69) is 19.6 Å². The molecule has 0 radical (unpaired) electrons. The summed E-state index contributed by atoms with van der Waals surface area (Å²) < 4.78 is 59.9. The van der Waals surface area contributed by atoms with Crippen LogP contribution in [-0.2, 0) is 14.8 Å². The molecule has 11 nitrogen and oxygen atoms in total.